The Balaban J connectivity index is 1.99. The van der Waals surface area contributed by atoms with Gasteiger partial charge in [-0.15, -0.1) is 0 Å². The predicted octanol–water partition coefficient (Wildman–Crippen LogP) is 2.31. The number of carboxylic acid groups (broad SMARTS) is 1. The van der Waals surface area contributed by atoms with Crippen molar-refractivity contribution in [3.05, 3.63) is 34.3 Å². The first kappa shape index (κ1) is 8.30. The van der Waals surface area contributed by atoms with E-state index in [9.17, 15) is 4.79 Å². The second kappa shape index (κ2) is 2.51. The Morgan fingerprint density at radius 3 is 3.00 bits per heavy atom. The fraction of sp³-hybridized carbons (Fsp3) is 0.364. The summed E-state index contributed by atoms with van der Waals surface area (Å²) in [6, 6.07) is 5.78. The fourth-order valence-electron chi connectivity index (χ4n) is 2.72. The molecule has 0 aromatic heterocycles. The van der Waals surface area contributed by atoms with E-state index in [0.29, 0.717) is 5.92 Å². The Morgan fingerprint density at radius 1 is 1.50 bits per heavy atom. The molecule has 0 saturated heterocycles. The smallest absolute Gasteiger partial charge is 0.307 e. The largest absolute Gasteiger partial charge is 0.481 e. The molecule has 0 unspecified atom stereocenters. The number of carboxylic acids is 1. The van der Waals surface area contributed by atoms with Gasteiger partial charge in [0, 0.05) is 10.9 Å². The zero-order chi connectivity index (χ0) is 9.87. The summed E-state index contributed by atoms with van der Waals surface area (Å²) in [6.07, 6.45) is 0.886. The summed E-state index contributed by atoms with van der Waals surface area (Å²) in [4.78, 5) is 10.8. The van der Waals surface area contributed by atoms with Gasteiger partial charge in [0.1, 0.15) is 0 Å². The lowest BCUT2D eigenvalue weighted by Crippen LogP contribution is -2.04. The topological polar surface area (TPSA) is 37.3 Å². The summed E-state index contributed by atoms with van der Waals surface area (Å²) < 4.78 is 0. The number of hydrogen-bond acceptors (Lipinski definition) is 1. The number of rotatable bonds is 1. The molecule has 14 heavy (non-hydrogen) atoms. The van der Waals surface area contributed by atoms with Crippen molar-refractivity contribution in [2.75, 3.05) is 0 Å². The van der Waals surface area contributed by atoms with Crippen LogP contribution in [0.4, 0.5) is 0 Å². The van der Waals surface area contributed by atoms with E-state index in [1.54, 1.807) is 0 Å². The van der Waals surface area contributed by atoms with Crippen LogP contribution < -0.4 is 0 Å². The second-order valence-corrected chi connectivity index (χ2v) is 4.54. The molecule has 3 rings (SSSR count). The third-order valence-corrected chi connectivity index (χ3v) is 3.61. The molecule has 3 heteroatoms. The highest BCUT2D eigenvalue weighted by molar-refractivity contribution is 6.30. The van der Waals surface area contributed by atoms with Gasteiger partial charge in [-0.05, 0) is 35.6 Å². The summed E-state index contributed by atoms with van der Waals surface area (Å²) in [7, 11) is 0. The van der Waals surface area contributed by atoms with Gasteiger partial charge in [-0.2, -0.15) is 0 Å². The Hall–Kier alpha value is -1.02. The molecule has 2 aliphatic rings. The Bertz CT molecular complexity index is 427. The minimum Gasteiger partial charge on any atom is -0.481 e. The third-order valence-electron chi connectivity index (χ3n) is 3.37. The van der Waals surface area contributed by atoms with Gasteiger partial charge < -0.3 is 5.11 Å². The maximum Gasteiger partial charge on any atom is 0.307 e. The molecule has 0 aliphatic heterocycles. The quantitative estimate of drug-likeness (QED) is 0.769. The van der Waals surface area contributed by atoms with Gasteiger partial charge in [0.05, 0.1) is 5.92 Å². The monoisotopic (exact) mass is 208 g/mol. The van der Waals surface area contributed by atoms with Crippen molar-refractivity contribution in [2.45, 2.75) is 12.3 Å². The van der Waals surface area contributed by atoms with Crippen molar-refractivity contribution < 1.29 is 9.90 Å². The highest BCUT2D eigenvalue weighted by atomic mass is 35.5. The van der Waals surface area contributed by atoms with Crippen LogP contribution in [0.25, 0.3) is 0 Å². The molecule has 1 saturated carbocycles. The van der Waals surface area contributed by atoms with Crippen LogP contribution in [0.1, 0.15) is 17.0 Å². The normalized spacial score (nSPS) is 32.2. The molecule has 0 amide bonds. The van der Waals surface area contributed by atoms with Crippen molar-refractivity contribution in [1.82, 2.24) is 0 Å². The number of aliphatic carboxylic acids is 1. The van der Waals surface area contributed by atoms with Gasteiger partial charge in [-0.25, -0.2) is 0 Å². The summed E-state index contributed by atoms with van der Waals surface area (Å²) >= 11 is 5.87. The van der Waals surface area contributed by atoms with E-state index in [2.05, 4.69) is 0 Å². The number of halogens is 1. The number of fused-ring (bicyclic) bond motifs is 3. The van der Waals surface area contributed by atoms with Crippen molar-refractivity contribution >= 4 is 17.6 Å². The number of carbonyl (C=O) groups is 1. The summed E-state index contributed by atoms with van der Waals surface area (Å²) in [6.45, 7) is 0. The SMILES string of the molecule is O=C(O)[C@@H]1[C@H]2Cc3cc(Cl)ccc3[C@H]21. The average molecular weight is 209 g/mol. The van der Waals surface area contributed by atoms with Gasteiger partial charge in [0.2, 0.25) is 0 Å². The zero-order valence-electron chi connectivity index (χ0n) is 7.40. The van der Waals surface area contributed by atoms with Crippen LogP contribution in [0.15, 0.2) is 18.2 Å². The second-order valence-electron chi connectivity index (χ2n) is 4.10. The molecule has 1 N–H and O–H groups in total. The average Bonchev–Trinajstić information content (AvgIpc) is 2.70. The number of benzene rings is 1. The maximum absolute atomic E-state index is 10.8. The molecule has 1 aromatic carbocycles. The van der Waals surface area contributed by atoms with Crippen LogP contribution >= 0.6 is 11.6 Å². The van der Waals surface area contributed by atoms with Crippen LogP contribution in [0.5, 0.6) is 0 Å². The molecular formula is C11H9ClO2. The Labute approximate surface area is 86.5 Å². The van der Waals surface area contributed by atoms with Crippen LogP contribution in [0.3, 0.4) is 0 Å². The van der Waals surface area contributed by atoms with Crippen LogP contribution in [-0.2, 0) is 11.2 Å². The van der Waals surface area contributed by atoms with Gasteiger partial charge in [-0.1, -0.05) is 17.7 Å². The molecule has 2 aliphatic carbocycles. The van der Waals surface area contributed by atoms with Crippen molar-refractivity contribution in [2.24, 2.45) is 11.8 Å². The van der Waals surface area contributed by atoms with Crippen LogP contribution in [-0.4, -0.2) is 11.1 Å². The van der Waals surface area contributed by atoms with Gasteiger partial charge in [-0.3, -0.25) is 4.79 Å². The van der Waals surface area contributed by atoms with Crippen molar-refractivity contribution in [1.29, 1.82) is 0 Å². The van der Waals surface area contributed by atoms with E-state index in [0.717, 1.165) is 11.4 Å². The Kier molecular flexibility index (Phi) is 1.49. The molecule has 0 radical (unpaired) electrons. The van der Waals surface area contributed by atoms with E-state index in [1.165, 1.54) is 11.1 Å². The molecule has 0 spiro atoms. The van der Waals surface area contributed by atoms with E-state index in [1.807, 2.05) is 18.2 Å². The van der Waals surface area contributed by atoms with Crippen LogP contribution in [0, 0.1) is 11.8 Å². The van der Waals surface area contributed by atoms with Gasteiger partial charge in [0.25, 0.3) is 0 Å². The van der Waals surface area contributed by atoms with Gasteiger partial charge >= 0.3 is 5.97 Å². The standard InChI is InChI=1S/C11H9ClO2/c12-6-1-2-7-5(3-6)4-8-9(7)10(8)11(13)14/h1-3,8-10H,4H2,(H,13,14)/t8-,9+,10+/m0/s1. The molecule has 0 bridgehead atoms. The maximum atomic E-state index is 10.8. The van der Waals surface area contributed by atoms with Crippen LogP contribution in [0.2, 0.25) is 5.02 Å². The highest BCUT2D eigenvalue weighted by Gasteiger charge is 2.59. The highest BCUT2D eigenvalue weighted by Crippen LogP contribution is 2.61. The van der Waals surface area contributed by atoms with Gasteiger partial charge in [0.15, 0.2) is 0 Å². The Morgan fingerprint density at radius 2 is 2.29 bits per heavy atom. The lowest BCUT2D eigenvalue weighted by Gasteiger charge is -2.04. The first-order valence-corrected chi connectivity index (χ1v) is 5.07. The minimum atomic E-state index is -0.652. The molecule has 0 heterocycles. The summed E-state index contributed by atoms with van der Waals surface area (Å²) in [5, 5.41) is 9.66. The fourth-order valence-corrected chi connectivity index (χ4v) is 2.91. The van der Waals surface area contributed by atoms with E-state index in [4.69, 9.17) is 16.7 Å². The first-order valence-electron chi connectivity index (χ1n) is 4.69. The first-order chi connectivity index (χ1) is 6.68. The van der Waals surface area contributed by atoms with E-state index in [-0.39, 0.29) is 11.8 Å². The van der Waals surface area contributed by atoms with E-state index >= 15 is 0 Å². The van der Waals surface area contributed by atoms with Crippen molar-refractivity contribution in [3.63, 3.8) is 0 Å². The molecule has 3 atom stereocenters. The van der Waals surface area contributed by atoms with Crippen molar-refractivity contribution in [3.8, 4) is 0 Å². The minimum absolute atomic E-state index is 0.135. The molecule has 1 aromatic rings. The number of hydrogen-bond donors (Lipinski definition) is 1. The molecular weight excluding hydrogens is 200 g/mol. The molecule has 72 valence electrons. The van der Waals surface area contributed by atoms with E-state index < -0.39 is 5.97 Å². The predicted molar refractivity (Wildman–Crippen MR) is 52.5 cm³/mol. The lowest BCUT2D eigenvalue weighted by molar-refractivity contribution is -0.139. The third kappa shape index (κ3) is 0.947. The molecule has 1 fully saturated rings. The zero-order valence-corrected chi connectivity index (χ0v) is 8.16. The molecule has 2 nitrogen and oxygen atoms in total. The lowest BCUT2D eigenvalue weighted by atomic mass is 10.0. The summed E-state index contributed by atoms with van der Waals surface area (Å²) in [5.41, 5.74) is 2.44. The summed E-state index contributed by atoms with van der Waals surface area (Å²) in [5.74, 6) is -0.190.